The Morgan fingerprint density at radius 2 is 1.80 bits per heavy atom. The Morgan fingerprint density at radius 1 is 1.12 bits per heavy atom. The maximum absolute atomic E-state index is 12.1. The van der Waals surface area contributed by atoms with E-state index in [0.29, 0.717) is 0 Å². The molecule has 0 aliphatic rings. The van der Waals surface area contributed by atoms with Crippen molar-refractivity contribution < 1.29 is 19.1 Å². The number of carbonyl (C=O) groups is 2. The molecule has 1 amide bonds. The van der Waals surface area contributed by atoms with Gasteiger partial charge in [0.2, 0.25) is 0 Å². The summed E-state index contributed by atoms with van der Waals surface area (Å²) in [7, 11) is 0. The first kappa shape index (κ1) is 19.1. The van der Waals surface area contributed by atoms with Gasteiger partial charge in [0.05, 0.1) is 0 Å². The van der Waals surface area contributed by atoms with E-state index in [1.54, 1.807) is 20.8 Å². The summed E-state index contributed by atoms with van der Waals surface area (Å²) in [5.41, 5.74) is 0.236. The number of fused-ring (bicyclic) bond motifs is 1. The molecule has 0 aromatic heterocycles. The molecule has 0 fully saturated rings. The summed E-state index contributed by atoms with van der Waals surface area (Å²) in [5, 5.41) is 4.72. The first-order valence-electron chi connectivity index (χ1n) is 7.98. The summed E-state index contributed by atoms with van der Waals surface area (Å²) in [4.78, 5) is 24.1. The van der Waals surface area contributed by atoms with Crippen LogP contribution in [0.5, 0.6) is 0 Å². The molecule has 6 heteroatoms. The van der Waals surface area contributed by atoms with Crippen LogP contribution in [0.2, 0.25) is 0 Å². The molecule has 0 saturated heterocycles. The smallest absolute Gasteiger partial charge is 0.408 e. The number of carbonyl (C=O) groups excluding carboxylic acids is 2. The zero-order valence-electron chi connectivity index (χ0n) is 14.5. The van der Waals surface area contributed by atoms with Gasteiger partial charge in [-0.1, -0.05) is 54.1 Å². The van der Waals surface area contributed by atoms with Crippen LogP contribution in [0.4, 0.5) is 4.79 Å². The van der Waals surface area contributed by atoms with Gasteiger partial charge in [0, 0.05) is 6.42 Å². The summed E-state index contributed by atoms with van der Waals surface area (Å²) in [6.07, 6.45) is -0.399. The van der Waals surface area contributed by atoms with E-state index in [4.69, 9.17) is 21.1 Å². The molecule has 0 radical (unpaired) electrons. The Balaban J connectivity index is 2.16. The van der Waals surface area contributed by atoms with Gasteiger partial charge in [-0.25, -0.2) is 9.59 Å². The number of esters is 1. The Hall–Kier alpha value is -2.27. The second-order valence-electron chi connectivity index (χ2n) is 6.66. The molecule has 2 aromatic rings. The standard InChI is InChI=1S/C19H22ClNO4/c1-19(2,3)25-18(23)21-16(17(22)24-12-20)11-13-8-9-14-6-4-5-7-15(14)10-13/h4-10,16H,11-12H2,1-3H3,(H,21,23)/t16-/m0/s1. The molecular formula is C19H22ClNO4. The van der Waals surface area contributed by atoms with Crippen LogP contribution in [-0.4, -0.2) is 29.8 Å². The minimum atomic E-state index is -0.880. The largest absolute Gasteiger partial charge is 0.448 e. The number of rotatable bonds is 5. The van der Waals surface area contributed by atoms with Gasteiger partial charge in [0.1, 0.15) is 11.6 Å². The highest BCUT2D eigenvalue weighted by Gasteiger charge is 2.25. The molecule has 2 aromatic carbocycles. The number of amides is 1. The number of ether oxygens (including phenoxy) is 2. The van der Waals surface area contributed by atoms with Crippen LogP contribution in [0.15, 0.2) is 42.5 Å². The maximum Gasteiger partial charge on any atom is 0.408 e. The highest BCUT2D eigenvalue weighted by Crippen LogP contribution is 2.17. The molecule has 25 heavy (non-hydrogen) atoms. The van der Waals surface area contributed by atoms with E-state index < -0.39 is 23.7 Å². The zero-order chi connectivity index (χ0) is 18.4. The molecule has 0 unspecified atom stereocenters. The average Bonchev–Trinajstić information content (AvgIpc) is 2.52. The number of hydrogen-bond donors (Lipinski definition) is 1. The lowest BCUT2D eigenvalue weighted by molar-refractivity contribution is -0.144. The van der Waals surface area contributed by atoms with Gasteiger partial charge >= 0.3 is 12.1 Å². The summed E-state index contributed by atoms with van der Waals surface area (Å²) >= 11 is 5.48. The average molecular weight is 364 g/mol. The quantitative estimate of drug-likeness (QED) is 0.643. The van der Waals surface area contributed by atoms with Crippen molar-refractivity contribution in [2.45, 2.75) is 38.8 Å². The second kappa shape index (κ2) is 8.21. The van der Waals surface area contributed by atoms with Crippen LogP contribution in [0, 0.1) is 0 Å². The van der Waals surface area contributed by atoms with Crippen LogP contribution in [0.25, 0.3) is 10.8 Å². The third-order valence-corrected chi connectivity index (χ3v) is 3.54. The van der Waals surface area contributed by atoms with Gasteiger partial charge in [0.25, 0.3) is 0 Å². The summed E-state index contributed by atoms with van der Waals surface area (Å²) < 4.78 is 10.1. The lowest BCUT2D eigenvalue weighted by Crippen LogP contribution is -2.45. The van der Waals surface area contributed by atoms with E-state index in [2.05, 4.69) is 5.32 Å². The van der Waals surface area contributed by atoms with Gasteiger partial charge in [-0.15, -0.1) is 0 Å². The van der Waals surface area contributed by atoms with Crippen LogP contribution in [-0.2, 0) is 20.7 Å². The van der Waals surface area contributed by atoms with E-state index >= 15 is 0 Å². The van der Waals surface area contributed by atoms with Crippen molar-refractivity contribution in [3.05, 3.63) is 48.0 Å². The number of alkyl halides is 1. The molecule has 0 aliphatic heterocycles. The van der Waals surface area contributed by atoms with E-state index in [0.717, 1.165) is 16.3 Å². The van der Waals surface area contributed by atoms with Crippen LogP contribution < -0.4 is 5.32 Å². The SMILES string of the molecule is CC(C)(C)OC(=O)N[C@@H](Cc1ccc2ccccc2c1)C(=O)OCCl. The maximum atomic E-state index is 12.1. The number of hydrogen-bond acceptors (Lipinski definition) is 4. The van der Waals surface area contributed by atoms with Crippen LogP contribution in [0.1, 0.15) is 26.3 Å². The Bertz CT molecular complexity index is 754. The summed E-state index contributed by atoms with van der Waals surface area (Å²) in [5.74, 6) is -0.603. The highest BCUT2D eigenvalue weighted by molar-refractivity contribution is 6.17. The normalized spacial score (nSPS) is 12.5. The highest BCUT2D eigenvalue weighted by atomic mass is 35.5. The number of nitrogens with one attached hydrogen (secondary N) is 1. The molecule has 0 heterocycles. The van der Waals surface area contributed by atoms with Gasteiger partial charge in [-0.05, 0) is 37.1 Å². The lowest BCUT2D eigenvalue weighted by Gasteiger charge is -2.23. The van der Waals surface area contributed by atoms with Crippen molar-refractivity contribution in [2.24, 2.45) is 0 Å². The first-order chi connectivity index (χ1) is 11.8. The number of benzene rings is 2. The fraction of sp³-hybridized carbons (Fsp3) is 0.368. The fourth-order valence-electron chi connectivity index (χ4n) is 2.40. The topological polar surface area (TPSA) is 64.6 Å². The third kappa shape index (κ3) is 5.94. The Morgan fingerprint density at radius 3 is 2.44 bits per heavy atom. The van der Waals surface area contributed by atoms with E-state index in [9.17, 15) is 9.59 Å². The third-order valence-electron chi connectivity index (χ3n) is 3.43. The molecule has 1 N–H and O–H groups in total. The van der Waals surface area contributed by atoms with Crippen molar-refractivity contribution in [2.75, 3.05) is 6.07 Å². The van der Waals surface area contributed by atoms with E-state index in [-0.39, 0.29) is 12.5 Å². The van der Waals surface area contributed by atoms with Crippen LogP contribution in [0.3, 0.4) is 0 Å². The molecular weight excluding hydrogens is 342 g/mol. The second-order valence-corrected chi connectivity index (χ2v) is 6.88. The zero-order valence-corrected chi connectivity index (χ0v) is 15.3. The molecule has 2 rings (SSSR count). The lowest BCUT2D eigenvalue weighted by atomic mass is 10.0. The summed E-state index contributed by atoms with van der Waals surface area (Å²) in [6.45, 7) is 5.26. The van der Waals surface area contributed by atoms with Crippen molar-refractivity contribution in [1.82, 2.24) is 5.32 Å². The minimum absolute atomic E-state index is 0.275. The van der Waals surface area contributed by atoms with Gasteiger partial charge in [-0.3, -0.25) is 0 Å². The van der Waals surface area contributed by atoms with Crippen molar-refractivity contribution in [3.63, 3.8) is 0 Å². The van der Waals surface area contributed by atoms with Crippen molar-refractivity contribution in [1.29, 1.82) is 0 Å². The molecule has 0 saturated carbocycles. The minimum Gasteiger partial charge on any atom is -0.448 e. The van der Waals surface area contributed by atoms with Crippen molar-refractivity contribution in [3.8, 4) is 0 Å². The molecule has 0 bridgehead atoms. The predicted octanol–water partition coefficient (Wildman–Crippen LogP) is 4.02. The fourth-order valence-corrected chi connectivity index (χ4v) is 2.51. The Kier molecular flexibility index (Phi) is 6.26. The molecule has 134 valence electrons. The monoisotopic (exact) mass is 363 g/mol. The molecule has 0 spiro atoms. The number of alkyl carbamates (subject to hydrolysis) is 1. The summed E-state index contributed by atoms with van der Waals surface area (Å²) in [6, 6.07) is 12.6. The molecule has 5 nitrogen and oxygen atoms in total. The predicted molar refractivity (Wildman–Crippen MR) is 97.6 cm³/mol. The first-order valence-corrected chi connectivity index (χ1v) is 8.52. The number of halogens is 1. The van der Waals surface area contributed by atoms with Crippen molar-refractivity contribution >= 4 is 34.4 Å². The van der Waals surface area contributed by atoms with E-state index in [1.165, 1.54) is 0 Å². The molecule has 1 atom stereocenters. The Labute approximate surface area is 152 Å². The molecule has 0 aliphatic carbocycles. The van der Waals surface area contributed by atoms with Gasteiger partial charge < -0.3 is 14.8 Å². The van der Waals surface area contributed by atoms with E-state index in [1.807, 2.05) is 42.5 Å². The van der Waals surface area contributed by atoms with Crippen LogP contribution >= 0.6 is 11.6 Å². The van der Waals surface area contributed by atoms with Gasteiger partial charge in [-0.2, -0.15) is 0 Å². The van der Waals surface area contributed by atoms with Gasteiger partial charge in [0.15, 0.2) is 6.07 Å².